The molecule has 3 aliphatic rings. The van der Waals surface area contributed by atoms with Crippen LogP contribution in [0.3, 0.4) is 0 Å². The third-order valence-electron chi connectivity index (χ3n) is 8.28. The van der Waals surface area contributed by atoms with Crippen molar-refractivity contribution in [3.63, 3.8) is 0 Å². The lowest BCUT2D eigenvalue weighted by Crippen LogP contribution is -2.53. The van der Waals surface area contributed by atoms with Gasteiger partial charge >= 0.3 is 6.09 Å². The molecule has 2 saturated heterocycles. The quantitative estimate of drug-likeness (QED) is 0.228. The number of ether oxygens (including phenoxy) is 2. The normalized spacial score (nSPS) is 20.7. The Morgan fingerprint density at radius 3 is 2.66 bits per heavy atom. The van der Waals surface area contributed by atoms with E-state index in [2.05, 4.69) is 36.0 Å². The molecule has 4 heterocycles. The van der Waals surface area contributed by atoms with Gasteiger partial charge in [0.2, 0.25) is 23.3 Å². The van der Waals surface area contributed by atoms with Crippen molar-refractivity contribution < 1.29 is 23.5 Å². The summed E-state index contributed by atoms with van der Waals surface area (Å²) < 4.78 is 26.9. The van der Waals surface area contributed by atoms with E-state index in [-0.39, 0.29) is 23.5 Å². The molecule has 3 N–H and O–H groups in total. The number of hydrogen-bond donors (Lipinski definition) is 3. The molecule has 5 rings (SSSR count). The van der Waals surface area contributed by atoms with Crippen LogP contribution in [0, 0.1) is 17.7 Å². The molecule has 1 aliphatic carbocycles. The van der Waals surface area contributed by atoms with Crippen molar-refractivity contribution in [2.45, 2.75) is 64.2 Å². The number of halogens is 2. The predicted molar refractivity (Wildman–Crippen MR) is 164 cm³/mol. The molecule has 0 aromatic carbocycles. The van der Waals surface area contributed by atoms with E-state index in [1.807, 2.05) is 17.4 Å². The second-order valence-electron chi connectivity index (χ2n) is 11.5. The molecule has 2 amide bonds. The molecular weight excluding hydrogens is 613 g/mol. The van der Waals surface area contributed by atoms with Crippen LogP contribution >= 0.6 is 22.9 Å². The summed E-state index contributed by atoms with van der Waals surface area (Å²) in [7, 11) is 2.04. The van der Waals surface area contributed by atoms with Crippen molar-refractivity contribution in [1.82, 2.24) is 35.6 Å². The molecule has 13 nitrogen and oxygen atoms in total. The van der Waals surface area contributed by atoms with Gasteiger partial charge in [-0.05, 0) is 43.8 Å². The smallest absolute Gasteiger partial charge is 0.409 e. The van der Waals surface area contributed by atoms with Gasteiger partial charge in [-0.3, -0.25) is 20.7 Å². The summed E-state index contributed by atoms with van der Waals surface area (Å²) in [6.45, 7) is 3.84. The summed E-state index contributed by atoms with van der Waals surface area (Å²) in [6.07, 6.45) is 7.88. The number of amides is 2. The number of aromatic nitrogens is 3. The largest absolute Gasteiger partial charge is 0.420 e. The molecule has 16 heteroatoms. The number of alkyl carbamates (subject to hydrolysis) is 1. The maximum Gasteiger partial charge on any atom is 0.409 e. The molecule has 0 spiro atoms. The zero-order valence-corrected chi connectivity index (χ0v) is 26.5. The standard InChI is InChI=1S/C28H41ClFN9O4S/c1-37-10-12-38(13-11-37)39(18-21-31-9-15-44-21)25-23(30)24(33-27(29)34-25)35-36-26(40)20(16-19-6-2-3-7-19)17-32-28(41)43-22-8-4-5-14-42-22/h9,15,19-20,22H,2-8,10-14,16-18H2,1H3,(H,32,41)(H,36,40)(H,33,34,35)/t20-,22?/m1/s1. The van der Waals surface area contributed by atoms with Crippen molar-refractivity contribution >= 4 is 46.6 Å². The van der Waals surface area contributed by atoms with Gasteiger partial charge in [-0.1, -0.05) is 25.7 Å². The van der Waals surface area contributed by atoms with Crippen molar-refractivity contribution in [1.29, 1.82) is 0 Å². The van der Waals surface area contributed by atoms with Gasteiger partial charge in [-0.15, -0.1) is 11.3 Å². The Bertz CT molecular complexity index is 1230. The Labute approximate surface area is 265 Å². The van der Waals surface area contributed by atoms with Crippen molar-refractivity contribution in [2.24, 2.45) is 11.8 Å². The van der Waals surface area contributed by atoms with E-state index in [0.29, 0.717) is 45.0 Å². The second-order valence-corrected chi connectivity index (χ2v) is 12.8. The highest BCUT2D eigenvalue weighted by Crippen LogP contribution is 2.31. The number of anilines is 2. The first-order valence-electron chi connectivity index (χ1n) is 15.3. The topological polar surface area (TPSA) is 137 Å². The van der Waals surface area contributed by atoms with E-state index in [0.717, 1.165) is 56.6 Å². The van der Waals surface area contributed by atoms with Crippen LogP contribution in [0.2, 0.25) is 5.28 Å². The molecule has 242 valence electrons. The second kappa shape index (κ2) is 15.9. The number of nitrogens with one attached hydrogen (secondary N) is 3. The number of rotatable bonds is 12. The Morgan fingerprint density at radius 2 is 1.95 bits per heavy atom. The van der Waals surface area contributed by atoms with Crippen molar-refractivity contribution in [3.8, 4) is 0 Å². The molecular formula is C28H41ClFN9O4S. The number of thiazole rings is 1. The van der Waals surface area contributed by atoms with Crippen LogP contribution in [0.15, 0.2) is 11.6 Å². The molecule has 2 aliphatic heterocycles. The Morgan fingerprint density at radius 1 is 1.18 bits per heavy atom. The lowest BCUT2D eigenvalue weighted by Gasteiger charge is -2.40. The first-order valence-corrected chi connectivity index (χ1v) is 16.6. The van der Waals surface area contributed by atoms with Gasteiger partial charge in [0, 0.05) is 50.7 Å². The van der Waals surface area contributed by atoms with E-state index in [4.69, 9.17) is 21.1 Å². The molecule has 1 saturated carbocycles. The van der Waals surface area contributed by atoms with E-state index in [1.165, 1.54) is 11.3 Å². The van der Waals surface area contributed by atoms with Gasteiger partial charge in [0.05, 0.1) is 19.1 Å². The number of nitrogens with zero attached hydrogens (tertiary/aromatic N) is 6. The highest BCUT2D eigenvalue weighted by molar-refractivity contribution is 7.09. The number of carbonyl (C=O) groups excluding carboxylic acids is 2. The van der Waals surface area contributed by atoms with Gasteiger partial charge < -0.3 is 19.7 Å². The summed E-state index contributed by atoms with van der Waals surface area (Å²) in [4.78, 5) is 40.7. The molecule has 2 atom stereocenters. The van der Waals surface area contributed by atoms with E-state index >= 15 is 4.39 Å². The van der Waals surface area contributed by atoms with Crippen LogP contribution in [0.4, 0.5) is 20.8 Å². The van der Waals surface area contributed by atoms with Gasteiger partial charge in [0.25, 0.3) is 0 Å². The summed E-state index contributed by atoms with van der Waals surface area (Å²) in [5.74, 6) is -1.64. The molecule has 3 fully saturated rings. The molecule has 44 heavy (non-hydrogen) atoms. The molecule has 2 aromatic rings. The Balaban J connectivity index is 1.26. The number of likely N-dealkylation sites (N-methyl/N-ethyl adjacent to an activating group) is 1. The first kappa shape index (κ1) is 32.5. The predicted octanol–water partition coefficient (Wildman–Crippen LogP) is 3.79. The average Bonchev–Trinajstić information content (AvgIpc) is 3.74. The van der Waals surface area contributed by atoms with Gasteiger partial charge in [0.15, 0.2) is 11.6 Å². The third kappa shape index (κ3) is 9.10. The summed E-state index contributed by atoms with van der Waals surface area (Å²) in [6, 6.07) is 0. The van der Waals surface area contributed by atoms with E-state index in [9.17, 15) is 9.59 Å². The maximum atomic E-state index is 16.0. The molecule has 0 radical (unpaired) electrons. The fourth-order valence-corrected chi connectivity index (χ4v) is 6.56. The van der Waals surface area contributed by atoms with E-state index < -0.39 is 30.0 Å². The zero-order chi connectivity index (χ0) is 30.9. The SMILES string of the molecule is CN1CCN(N(Cc2nccs2)c2nc(Cl)nc(NNC(=O)[C@@H](CNC(=O)OC3CCCCO3)CC3CCCC3)c2F)CC1. The lowest BCUT2D eigenvalue weighted by molar-refractivity contribution is -0.127. The van der Waals surface area contributed by atoms with Crippen LogP contribution < -0.4 is 21.2 Å². The minimum absolute atomic E-state index is 0.0154. The number of carbonyl (C=O) groups is 2. The van der Waals surface area contributed by atoms with Crippen LogP contribution in [0.1, 0.15) is 56.4 Å². The van der Waals surface area contributed by atoms with Crippen molar-refractivity contribution in [3.05, 3.63) is 27.7 Å². The van der Waals surface area contributed by atoms with E-state index in [1.54, 1.807) is 11.2 Å². The van der Waals surface area contributed by atoms with Crippen molar-refractivity contribution in [2.75, 3.05) is 56.8 Å². The Kier molecular flexibility index (Phi) is 11.8. The van der Waals surface area contributed by atoms with Crippen LogP contribution in [-0.4, -0.2) is 89.5 Å². The number of piperazine rings is 1. The lowest BCUT2D eigenvalue weighted by atomic mass is 9.92. The summed E-state index contributed by atoms with van der Waals surface area (Å²) >= 11 is 7.75. The third-order valence-corrected chi connectivity index (χ3v) is 9.21. The number of hydrazine groups is 2. The average molecular weight is 654 g/mol. The highest BCUT2D eigenvalue weighted by atomic mass is 35.5. The zero-order valence-electron chi connectivity index (χ0n) is 25.0. The van der Waals surface area contributed by atoms with Crippen LogP contribution in [-0.2, 0) is 20.8 Å². The molecule has 0 bridgehead atoms. The van der Waals surface area contributed by atoms with Gasteiger partial charge in [0.1, 0.15) is 5.01 Å². The van der Waals surface area contributed by atoms with Crippen LogP contribution in [0.5, 0.6) is 0 Å². The molecule has 1 unspecified atom stereocenters. The highest BCUT2D eigenvalue weighted by Gasteiger charge is 2.30. The minimum Gasteiger partial charge on any atom is -0.420 e. The number of hydrogen-bond acceptors (Lipinski definition) is 12. The van der Waals surface area contributed by atoms with Crippen LogP contribution in [0.25, 0.3) is 0 Å². The summed E-state index contributed by atoms with van der Waals surface area (Å²) in [5, 5.41) is 8.95. The van der Waals surface area contributed by atoms with Gasteiger partial charge in [-0.25, -0.2) is 14.8 Å². The summed E-state index contributed by atoms with van der Waals surface area (Å²) in [5.41, 5.74) is 5.24. The minimum atomic E-state index is -0.758. The first-order chi connectivity index (χ1) is 21.4. The fourth-order valence-electron chi connectivity index (χ4n) is 5.79. The van der Waals surface area contributed by atoms with Gasteiger partial charge in [-0.2, -0.15) is 14.4 Å². The monoisotopic (exact) mass is 653 g/mol. The fraction of sp³-hybridized carbons (Fsp3) is 0.679. The maximum absolute atomic E-state index is 16.0. The molecule has 2 aromatic heterocycles. The Hall–Kier alpha value is -2.85.